The summed E-state index contributed by atoms with van der Waals surface area (Å²) < 4.78 is 18.2. The minimum Gasteiger partial charge on any atom is -0.493 e. The van der Waals surface area contributed by atoms with Crippen LogP contribution < -0.4 is 14.2 Å². The van der Waals surface area contributed by atoms with Crippen molar-refractivity contribution in [1.29, 1.82) is 0 Å². The molecule has 0 aliphatic rings. The standard InChI is InChI=1S/C37H34O4/c1-39-35-24-33(37(38)32(22-28-14-6-2-7-15-28)23-29-16-8-3-9-17-29)34(40-26-30-18-10-4-11-19-30)25-36(35)41-27-31-20-12-5-13-21-31/h2-21,24-25,32H,22-23,26-27H2,1H3. The molecule has 0 aliphatic carbocycles. The van der Waals surface area contributed by atoms with Gasteiger partial charge in [-0.3, -0.25) is 4.79 Å². The van der Waals surface area contributed by atoms with E-state index >= 15 is 0 Å². The van der Waals surface area contributed by atoms with Gasteiger partial charge in [0.25, 0.3) is 0 Å². The quantitative estimate of drug-likeness (QED) is 0.141. The second kappa shape index (κ2) is 14.0. The Bertz CT molecular complexity index is 1480. The summed E-state index contributed by atoms with van der Waals surface area (Å²) in [4.78, 5) is 14.4. The molecule has 5 rings (SSSR count). The lowest BCUT2D eigenvalue weighted by atomic mass is 9.86. The number of hydrogen-bond donors (Lipinski definition) is 0. The normalized spacial score (nSPS) is 10.8. The predicted octanol–water partition coefficient (Wildman–Crippen LogP) is 8.14. The molecule has 0 radical (unpaired) electrons. The van der Waals surface area contributed by atoms with Crippen LogP contribution in [0.25, 0.3) is 0 Å². The number of benzene rings is 5. The minimum absolute atomic E-state index is 0.00803. The monoisotopic (exact) mass is 542 g/mol. The van der Waals surface area contributed by atoms with Crippen LogP contribution in [-0.4, -0.2) is 12.9 Å². The van der Waals surface area contributed by atoms with Crippen molar-refractivity contribution in [1.82, 2.24) is 0 Å². The van der Waals surface area contributed by atoms with Crippen molar-refractivity contribution in [2.45, 2.75) is 26.1 Å². The molecule has 0 spiro atoms. The highest BCUT2D eigenvalue weighted by Gasteiger charge is 2.26. The predicted molar refractivity (Wildman–Crippen MR) is 163 cm³/mol. The van der Waals surface area contributed by atoms with Gasteiger partial charge in [-0.2, -0.15) is 0 Å². The summed E-state index contributed by atoms with van der Waals surface area (Å²) in [5, 5.41) is 0. The first kappa shape index (κ1) is 27.7. The average molecular weight is 543 g/mol. The van der Waals surface area contributed by atoms with E-state index in [1.165, 1.54) is 0 Å². The fraction of sp³-hybridized carbons (Fsp3) is 0.162. The number of carbonyl (C=O) groups is 1. The molecule has 206 valence electrons. The van der Waals surface area contributed by atoms with E-state index in [0.29, 0.717) is 48.9 Å². The summed E-state index contributed by atoms with van der Waals surface area (Å²) in [6.07, 6.45) is 1.22. The van der Waals surface area contributed by atoms with Crippen molar-refractivity contribution < 1.29 is 19.0 Å². The molecular weight excluding hydrogens is 508 g/mol. The van der Waals surface area contributed by atoms with E-state index < -0.39 is 0 Å². The van der Waals surface area contributed by atoms with E-state index in [-0.39, 0.29) is 11.7 Å². The average Bonchev–Trinajstić information content (AvgIpc) is 3.04. The largest absolute Gasteiger partial charge is 0.493 e. The second-order valence-electron chi connectivity index (χ2n) is 9.99. The molecule has 41 heavy (non-hydrogen) atoms. The van der Waals surface area contributed by atoms with Crippen molar-refractivity contribution in [3.05, 3.63) is 161 Å². The van der Waals surface area contributed by atoms with Crippen LogP contribution in [0.5, 0.6) is 17.2 Å². The molecule has 0 bridgehead atoms. The van der Waals surface area contributed by atoms with E-state index in [4.69, 9.17) is 14.2 Å². The molecule has 0 fully saturated rings. The number of Topliss-reactive ketones (excluding diaryl/α,β-unsaturated/α-hetero) is 1. The second-order valence-corrected chi connectivity index (χ2v) is 9.99. The molecule has 5 aromatic carbocycles. The third-order valence-corrected chi connectivity index (χ3v) is 7.03. The van der Waals surface area contributed by atoms with Crippen LogP contribution in [0.1, 0.15) is 32.6 Å². The third-order valence-electron chi connectivity index (χ3n) is 7.03. The Morgan fingerprint density at radius 3 is 1.39 bits per heavy atom. The van der Waals surface area contributed by atoms with E-state index in [9.17, 15) is 4.79 Å². The number of hydrogen-bond acceptors (Lipinski definition) is 4. The van der Waals surface area contributed by atoms with Crippen LogP contribution in [0.2, 0.25) is 0 Å². The Morgan fingerprint density at radius 2 is 0.951 bits per heavy atom. The van der Waals surface area contributed by atoms with Gasteiger partial charge in [-0.15, -0.1) is 0 Å². The van der Waals surface area contributed by atoms with Gasteiger partial charge >= 0.3 is 0 Å². The molecule has 0 heterocycles. The van der Waals surface area contributed by atoms with Crippen LogP contribution in [0.15, 0.2) is 133 Å². The maximum Gasteiger partial charge on any atom is 0.170 e. The van der Waals surface area contributed by atoms with Crippen LogP contribution >= 0.6 is 0 Å². The van der Waals surface area contributed by atoms with Crippen molar-refractivity contribution in [3.8, 4) is 17.2 Å². The molecule has 0 saturated heterocycles. The zero-order valence-corrected chi connectivity index (χ0v) is 23.2. The fourth-order valence-electron chi connectivity index (χ4n) is 4.87. The Kier molecular flexibility index (Phi) is 9.46. The lowest BCUT2D eigenvalue weighted by molar-refractivity contribution is 0.0913. The lowest BCUT2D eigenvalue weighted by Crippen LogP contribution is -2.21. The summed E-state index contributed by atoms with van der Waals surface area (Å²) in [5.74, 6) is 1.22. The first-order valence-electron chi connectivity index (χ1n) is 13.9. The number of ether oxygens (including phenoxy) is 3. The summed E-state index contributed by atoms with van der Waals surface area (Å²) in [6, 6.07) is 43.7. The number of ketones is 1. The summed E-state index contributed by atoms with van der Waals surface area (Å²) in [5.41, 5.74) is 4.76. The van der Waals surface area contributed by atoms with Gasteiger partial charge < -0.3 is 14.2 Å². The highest BCUT2D eigenvalue weighted by molar-refractivity contribution is 6.01. The Balaban J connectivity index is 1.50. The Labute approximate surface area is 242 Å². The van der Waals surface area contributed by atoms with Gasteiger partial charge in [0.2, 0.25) is 0 Å². The van der Waals surface area contributed by atoms with Crippen molar-refractivity contribution >= 4 is 5.78 Å². The maximum atomic E-state index is 14.4. The molecule has 0 N–H and O–H groups in total. The third kappa shape index (κ3) is 7.64. The summed E-state index contributed by atoms with van der Waals surface area (Å²) >= 11 is 0. The first-order chi connectivity index (χ1) is 20.2. The van der Waals surface area contributed by atoms with Crippen LogP contribution in [0.3, 0.4) is 0 Å². The molecule has 0 unspecified atom stereocenters. The Hall–Kier alpha value is -4.83. The van der Waals surface area contributed by atoms with Crippen molar-refractivity contribution in [2.24, 2.45) is 5.92 Å². The van der Waals surface area contributed by atoms with Gasteiger partial charge in [0.1, 0.15) is 19.0 Å². The molecule has 0 aromatic heterocycles. The van der Waals surface area contributed by atoms with Crippen LogP contribution in [-0.2, 0) is 26.1 Å². The van der Waals surface area contributed by atoms with Crippen molar-refractivity contribution in [2.75, 3.05) is 7.11 Å². The number of rotatable bonds is 13. The summed E-state index contributed by atoms with van der Waals surface area (Å²) in [7, 11) is 1.59. The van der Waals surface area contributed by atoms with E-state index in [1.807, 2.05) is 97.1 Å². The molecule has 5 aromatic rings. The van der Waals surface area contributed by atoms with E-state index in [0.717, 1.165) is 22.3 Å². The van der Waals surface area contributed by atoms with Gasteiger partial charge in [0.05, 0.1) is 12.7 Å². The molecule has 4 heteroatoms. The zero-order chi connectivity index (χ0) is 28.3. The SMILES string of the molecule is COc1cc(C(=O)C(Cc2ccccc2)Cc2ccccc2)c(OCc2ccccc2)cc1OCc1ccccc1. The molecule has 0 amide bonds. The highest BCUT2D eigenvalue weighted by atomic mass is 16.5. The lowest BCUT2D eigenvalue weighted by Gasteiger charge is -2.21. The minimum atomic E-state index is -0.292. The fourth-order valence-corrected chi connectivity index (χ4v) is 4.87. The van der Waals surface area contributed by atoms with Gasteiger partial charge in [-0.1, -0.05) is 121 Å². The smallest absolute Gasteiger partial charge is 0.170 e. The molecule has 0 atom stereocenters. The molecule has 4 nitrogen and oxygen atoms in total. The highest BCUT2D eigenvalue weighted by Crippen LogP contribution is 2.38. The van der Waals surface area contributed by atoms with Gasteiger partial charge in [-0.05, 0) is 41.2 Å². The first-order valence-corrected chi connectivity index (χ1v) is 13.9. The van der Waals surface area contributed by atoms with Crippen LogP contribution in [0, 0.1) is 5.92 Å². The van der Waals surface area contributed by atoms with Crippen molar-refractivity contribution in [3.63, 3.8) is 0 Å². The maximum absolute atomic E-state index is 14.4. The number of carbonyl (C=O) groups excluding carboxylic acids is 1. The molecular formula is C37H34O4. The van der Waals surface area contributed by atoms with E-state index in [2.05, 4.69) is 24.3 Å². The number of methoxy groups -OCH3 is 1. The Morgan fingerprint density at radius 1 is 0.537 bits per heavy atom. The summed E-state index contributed by atoms with van der Waals surface area (Å²) in [6.45, 7) is 0.695. The van der Waals surface area contributed by atoms with Gasteiger partial charge in [0.15, 0.2) is 17.3 Å². The molecule has 0 saturated carbocycles. The van der Waals surface area contributed by atoms with E-state index in [1.54, 1.807) is 19.2 Å². The molecule has 0 aliphatic heterocycles. The van der Waals surface area contributed by atoms with Crippen LogP contribution in [0.4, 0.5) is 0 Å². The zero-order valence-electron chi connectivity index (χ0n) is 23.2. The van der Waals surface area contributed by atoms with Gasteiger partial charge in [0, 0.05) is 12.0 Å². The topological polar surface area (TPSA) is 44.8 Å². The van der Waals surface area contributed by atoms with Gasteiger partial charge in [-0.25, -0.2) is 0 Å².